The van der Waals surface area contributed by atoms with Gasteiger partial charge in [-0.2, -0.15) is 0 Å². The van der Waals surface area contributed by atoms with Gasteiger partial charge < -0.3 is 10.3 Å². The highest BCUT2D eigenvalue weighted by molar-refractivity contribution is 7.14. The van der Waals surface area contributed by atoms with Crippen molar-refractivity contribution in [2.24, 2.45) is 0 Å². The Morgan fingerprint density at radius 2 is 1.79 bits per heavy atom. The summed E-state index contributed by atoms with van der Waals surface area (Å²) in [5, 5.41) is 6.37. The molecule has 0 aliphatic rings. The monoisotopic (exact) mass is 397 g/mol. The number of benzene rings is 2. The van der Waals surface area contributed by atoms with Gasteiger partial charge in [0.2, 0.25) is 0 Å². The molecule has 0 spiro atoms. The lowest BCUT2D eigenvalue weighted by atomic mass is 10.1. The molecule has 5 nitrogen and oxygen atoms in total. The van der Waals surface area contributed by atoms with Crippen molar-refractivity contribution >= 4 is 33.2 Å². The predicted octanol–water partition coefficient (Wildman–Crippen LogP) is 6.11. The summed E-state index contributed by atoms with van der Waals surface area (Å²) in [5.41, 5.74) is 8.43. The molecule has 3 heterocycles. The molecule has 0 saturated heterocycles. The van der Waals surface area contributed by atoms with Gasteiger partial charge in [-0.05, 0) is 49.7 Å². The SMILES string of the molecule is Cc1cccc(-c2nc3cc(C)c(Nc4nc(-c5ccncc5)cs4)cc3[nH]2)c1. The molecule has 6 heteroatoms. The largest absolute Gasteiger partial charge is 0.338 e. The number of H-pyrrole nitrogens is 1. The molecule has 0 fully saturated rings. The Morgan fingerprint density at radius 3 is 2.62 bits per heavy atom. The summed E-state index contributed by atoms with van der Waals surface area (Å²) in [4.78, 5) is 17.0. The van der Waals surface area contributed by atoms with E-state index in [1.807, 2.05) is 12.1 Å². The summed E-state index contributed by atoms with van der Waals surface area (Å²) >= 11 is 1.59. The number of aromatic nitrogens is 4. The number of imidazole rings is 1. The maximum Gasteiger partial charge on any atom is 0.187 e. The first-order valence-electron chi connectivity index (χ1n) is 9.36. The van der Waals surface area contributed by atoms with E-state index in [1.54, 1.807) is 23.7 Å². The second-order valence-electron chi connectivity index (χ2n) is 7.04. The highest BCUT2D eigenvalue weighted by Crippen LogP contribution is 2.31. The predicted molar refractivity (Wildman–Crippen MR) is 120 cm³/mol. The molecule has 2 N–H and O–H groups in total. The number of thiazole rings is 1. The van der Waals surface area contributed by atoms with E-state index in [0.717, 1.165) is 50.1 Å². The zero-order valence-corrected chi connectivity index (χ0v) is 16.9. The molecule has 29 heavy (non-hydrogen) atoms. The number of rotatable bonds is 4. The fourth-order valence-corrected chi connectivity index (χ4v) is 4.06. The van der Waals surface area contributed by atoms with Gasteiger partial charge in [0.25, 0.3) is 0 Å². The number of nitrogens with one attached hydrogen (secondary N) is 2. The van der Waals surface area contributed by atoms with Gasteiger partial charge in [-0.25, -0.2) is 9.97 Å². The highest BCUT2D eigenvalue weighted by atomic mass is 32.1. The lowest BCUT2D eigenvalue weighted by Crippen LogP contribution is -1.93. The molecule has 0 saturated carbocycles. The average Bonchev–Trinajstić information content (AvgIpc) is 3.36. The molecule has 0 atom stereocenters. The summed E-state index contributed by atoms with van der Waals surface area (Å²) in [6, 6.07) is 16.5. The number of fused-ring (bicyclic) bond motifs is 1. The summed E-state index contributed by atoms with van der Waals surface area (Å²) in [6.07, 6.45) is 3.56. The van der Waals surface area contributed by atoms with Crippen LogP contribution in [0.1, 0.15) is 11.1 Å². The highest BCUT2D eigenvalue weighted by Gasteiger charge is 2.11. The summed E-state index contributed by atoms with van der Waals surface area (Å²) in [6.45, 7) is 4.17. The second-order valence-corrected chi connectivity index (χ2v) is 7.90. The fraction of sp³-hybridized carbons (Fsp3) is 0.0870. The van der Waals surface area contributed by atoms with E-state index in [1.165, 1.54) is 5.56 Å². The van der Waals surface area contributed by atoms with Crippen LogP contribution in [-0.4, -0.2) is 19.9 Å². The van der Waals surface area contributed by atoms with Gasteiger partial charge in [0.1, 0.15) is 5.82 Å². The number of nitrogens with zero attached hydrogens (tertiary/aromatic N) is 3. The smallest absolute Gasteiger partial charge is 0.187 e. The van der Waals surface area contributed by atoms with Crippen LogP contribution in [0.15, 0.2) is 66.3 Å². The molecule has 142 valence electrons. The third kappa shape index (κ3) is 3.50. The van der Waals surface area contributed by atoms with E-state index in [0.29, 0.717) is 0 Å². The number of hydrogen-bond donors (Lipinski definition) is 2. The van der Waals surface area contributed by atoms with Crippen LogP contribution in [0.5, 0.6) is 0 Å². The first-order valence-corrected chi connectivity index (χ1v) is 10.2. The van der Waals surface area contributed by atoms with E-state index < -0.39 is 0 Å². The number of aromatic amines is 1. The van der Waals surface area contributed by atoms with Gasteiger partial charge in [0, 0.05) is 34.6 Å². The summed E-state index contributed by atoms with van der Waals surface area (Å²) in [5.74, 6) is 0.884. The quantitative estimate of drug-likeness (QED) is 0.384. The van der Waals surface area contributed by atoms with Gasteiger partial charge in [-0.1, -0.05) is 23.8 Å². The van der Waals surface area contributed by atoms with Gasteiger partial charge in [0.05, 0.1) is 16.7 Å². The van der Waals surface area contributed by atoms with Gasteiger partial charge in [-0.15, -0.1) is 11.3 Å². The van der Waals surface area contributed by atoms with Crippen molar-refractivity contribution in [3.63, 3.8) is 0 Å². The van der Waals surface area contributed by atoms with E-state index in [9.17, 15) is 0 Å². The molecule has 3 aromatic heterocycles. The van der Waals surface area contributed by atoms with E-state index in [2.05, 4.69) is 70.9 Å². The zero-order chi connectivity index (χ0) is 19.8. The van der Waals surface area contributed by atoms with Crippen molar-refractivity contribution in [3.8, 4) is 22.6 Å². The second kappa shape index (κ2) is 7.14. The topological polar surface area (TPSA) is 66.5 Å². The normalized spacial score (nSPS) is 11.1. The maximum absolute atomic E-state index is 4.77. The van der Waals surface area contributed by atoms with Crippen molar-refractivity contribution in [1.82, 2.24) is 19.9 Å². The third-order valence-electron chi connectivity index (χ3n) is 4.84. The Hall–Kier alpha value is -3.51. The van der Waals surface area contributed by atoms with E-state index in [-0.39, 0.29) is 0 Å². The lowest BCUT2D eigenvalue weighted by Gasteiger charge is -2.06. The number of anilines is 2. The van der Waals surface area contributed by atoms with Crippen molar-refractivity contribution in [1.29, 1.82) is 0 Å². The lowest BCUT2D eigenvalue weighted by molar-refractivity contribution is 1.31. The minimum absolute atomic E-state index is 0.859. The summed E-state index contributed by atoms with van der Waals surface area (Å²) < 4.78 is 0. The standard InChI is InChI=1S/C23H19N5S/c1-14-4-3-5-17(10-14)22-25-19-11-15(2)18(12-20(19)26-22)27-23-28-21(13-29-23)16-6-8-24-9-7-16/h3-13H,1-2H3,(H,25,26)(H,27,28). The molecule has 0 radical (unpaired) electrons. The van der Waals surface area contributed by atoms with Crippen LogP contribution < -0.4 is 5.32 Å². The van der Waals surface area contributed by atoms with Crippen molar-refractivity contribution in [2.75, 3.05) is 5.32 Å². The number of hydrogen-bond acceptors (Lipinski definition) is 5. The van der Waals surface area contributed by atoms with Crippen LogP contribution >= 0.6 is 11.3 Å². The molecule has 0 unspecified atom stereocenters. The number of pyridine rings is 1. The average molecular weight is 398 g/mol. The Labute approximate surface area is 172 Å². The van der Waals surface area contributed by atoms with Crippen molar-refractivity contribution in [3.05, 3.63) is 77.4 Å². The fourth-order valence-electron chi connectivity index (χ4n) is 3.33. The van der Waals surface area contributed by atoms with E-state index >= 15 is 0 Å². The van der Waals surface area contributed by atoms with Crippen LogP contribution in [0.2, 0.25) is 0 Å². The van der Waals surface area contributed by atoms with Crippen LogP contribution in [0.4, 0.5) is 10.8 Å². The van der Waals surface area contributed by atoms with E-state index in [4.69, 9.17) is 9.97 Å². The molecular weight excluding hydrogens is 378 g/mol. The molecule has 5 aromatic rings. The first-order chi connectivity index (χ1) is 14.2. The zero-order valence-electron chi connectivity index (χ0n) is 16.1. The molecule has 5 rings (SSSR count). The summed E-state index contributed by atoms with van der Waals surface area (Å²) in [7, 11) is 0. The van der Waals surface area contributed by atoms with Crippen LogP contribution in [0.25, 0.3) is 33.7 Å². The molecular formula is C23H19N5S. The Morgan fingerprint density at radius 1 is 0.931 bits per heavy atom. The van der Waals surface area contributed by atoms with Gasteiger partial charge in [-0.3, -0.25) is 4.98 Å². The molecule has 2 aromatic carbocycles. The van der Waals surface area contributed by atoms with Crippen molar-refractivity contribution < 1.29 is 0 Å². The van der Waals surface area contributed by atoms with Gasteiger partial charge >= 0.3 is 0 Å². The number of aryl methyl sites for hydroxylation is 2. The molecule has 0 amide bonds. The van der Waals surface area contributed by atoms with Crippen LogP contribution in [0.3, 0.4) is 0 Å². The molecule has 0 bridgehead atoms. The van der Waals surface area contributed by atoms with Crippen LogP contribution in [0, 0.1) is 13.8 Å². The Balaban J connectivity index is 1.46. The van der Waals surface area contributed by atoms with Crippen LogP contribution in [-0.2, 0) is 0 Å². The minimum atomic E-state index is 0.859. The Bertz CT molecular complexity index is 1300. The maximum atomic E-state index is 4.77. The molecule has 0 aliphatic heterocycles. The Kier molecular flexibility index (Phi) is 4.33. The molecule has 0 aliphatic carbocycles. The van der Waals surface area contributed by atoms with Crippen molar-refractivity contribution in [2.45, 2.75) is 13.8 Å². The first kappa shape index (κ1) is 17.6. The van der Waals surface area contributed by atoms with Gasteiger partial charge in [0.15, 0.2) is 5.13 Å². The third-order valence-corrected chi connectivity index (χ3v) is 5.60. The minimum Gasteiger partial charge on any atom is -0.338 e.